The number of rotatable bonds is 10. The van der Waals surface area contributed by atoms with Crippen LogP contribution in [0.15, 0.2) is 36.7 Å². The van der Waals surface area contributed by atoms with Gasteiger partial charge >= 0.3 is 0 Å². The number of ether oxygens (including phenoxy) is 4. The van der Waals surface area contributed by atoms with Gasteiger partial charge in [0.1, 0.15) is 48.0 Å². The molecule has 0 aliphatic carbocycles. The fourth-order valence-electron chi connectivity index (χ4n) is 4.41. The molecule has 2 aromatic heterocycles. The molecule has 0 unspecified atom stereocenters. The average molecular weight is 565 g/mol. The van der Waals surface area contributed by atoms with Crippen LogP contribution in [0.4, 0.5) is 0 Å². The number of hydrogen-bond acceptors (Lipinski definition) is 14. The first kappa shape index (κ1) is 28.6. The molecule has 40 heavy (non-hydrogen) atoms. The molecular weight excluding hydrogens is 532 g/mol. The molecule has 16 nitrogen and oxygen atoms in total. The molecule has 0 radical (unpaired) electrons. The first-order valence-electron chi connectivity index (χ1n) is 12.7. The quantitative estimate of drug-likeness (QED) is 0.150. The standard InChI is InChI=1S/C24H32N6O10/c31-17-11-39-23(21(35)19(17)33)29-5-15(25-27-29)9-37-7-13-2-1-3-14(4-13)8-38-10-16-6-30(28-26-16)24-22(36)20(34)18(32)12-40-24/h1-6,17-24,31-36H,7-12H2/t17-,18+,19+,20-,21-,22+,23-,24+. The van der Waals surface area contributed by atoms with E-state index in [9.17, 15) is 30.6 Å². The molecule has 0 saturated carbocycles. The highest BCUT2D eigenvalue weighted by atomic mass is 16.5. The fourth-order valence-corrected chi connectivity index (χ4v) is 4.41. The van der Waals surface area contributed by atoms with Crippen molar-refractivity contribution in [1.29, 1.82) is 0 Å². The van der Waals surface area contributed by atoms with Crippen molar-refractivity contribution >= 4 is 0 Å². The predicted molar refractivity (Wildman–Crippen MR) is 129 cm³/mol. The summed E-state index contributed by atoms with van der Waals surface area (Å²) in [6.07, 6.45) is -6.55. The second kappa shape index (κ2) is 12.7. The van der Waals surface area contributed by atoms with Crippen LogP contribution in [-0.4, -0.2) is 110 Å². The third-order valence-electron chi connectivity index (χ3n) is 6.61. The maximum Gasteiger partial charge on any atom is 0.180 e. The number of benzene rings is 1. The smallest absolute Gasteiger partial charge is 0.180 e. The van der Waals surface area contributed by atoms with Gasteiger partial charge in [-0.05, 0) is 11.1 Å². The molecule has 218 valence electrons. The van der Waals surface area contributed by atoms with E-state index in [-0.39, 0.29) is 26.4 Å². The van der Waals surface area contributed by atoms with Crippen molar-refractivity contribution in [2.45, 2.75) is 75.5 Å². The van der Waals surface area contributed by atoms with Gasteiger partial charge in [0.15, 0.2) is 12.5 Å². The van der Waals surface area contributed by atoms with Crippen LogP contribution in [-0.2, 0) is 45.4 Å². The Kier molecular flexibility index (Phi) is 9.11. The van der Waals surface area contributed by atoms with Crippen molar-refractivity contribution in [1.82, 2.24) is 30.0 Å². The third kappa shape index (κ3) is 6.52. The zero-order valence-corrected chi connectivity index (χ0v) is 21.3. The van der Waals surface area contributed by atoms with Gasteiger partial charge in [-0.25, -0.2) is 9.36 Å². The van der Waals surface area contributed by atoms with Crippen molar-refractivity contribution in [3.63, 3.8) is 0 Å². The molecule has 6 N–H and O–H groups in total. The van der Waals surface area contributed by atoms with Gasteiger partial charge in [-0.2, -0.15) is 0 Å². The molecule has 4 heterocycles. The van der Waals surface area contributed by atoms with Crippen LogP contribution in [0.2, 0.25) is 0 Å². The van der Waals surface area contributed by atoms with Gasteiger partial charge in [0.25, 0.3) is 0 Å². The van der Waals surface area contributed by atoms with Gasteiger partial charge in [0.2, 0.25) is 0 Å². The normalized spacial score (nSPS) is 30.9. The van der Waals surface area contributed by atoms with Crippen molar-refractivity contribution in [3.8, 4) is 0 Å². The summed E-state index contributed by atoms with van der Waals surface area (Å²) in [5, 5.41) is 75.0. The lowest BCUT2D eigenvalue weighted by molar-refractivity contribution is -0.214. The minimum absolute atomic E-state index is 0.134. The van der Waals surface area contributed by atoms with E-state index in [1.54, 1.807) is 12.4 Å². The zero-order chi connectivity index (χ0) is 28.2. The highest BCUT2D eigenvalue weighted by Gasteiger charge is 2.40. The summed E-state index contributed by atoms with van der Waals surface area (Å²) >= 11 is 0. The summed E-state index contributed by atoms with van der Waals surface area (Å²) < 4.78 is 24.8. The van der Waals surface area contributed by atoms with Crippen LogP contribution in [0, 0.1) is 0 Å². The maximum absolute atomic E-state index is 10.1. The number of aliphatic hydroxyl groups is 6. The molecule has 0 amide bonds. The zero-order valence-electron chi connectivity index (χ0n) is 21.3. The van der Waals surface area contributed by atoms with E-state index < -0.39 is 49.1 Å². The average Bonchev–Trinajstić information content (AvgIpc) is 3.61. The molecule has 5 rings (SSSR count). The Balaban J connectivity index is 1.06. The molecule has 0 bridgehead atoms. The van der Waals surface area contributed by atoms with Gasteiger partial charge in [0.05, 0.1) is 52.0 Å². The topological polar surface area (TPSA) is 220 Å². The lowest BCUT2D eigenvalue weighted by Gasteiger charge is -2.34. The molecular formula is C24H32N6O10. The Morgan fingerprint density at radius 1 is 0.675 bits per heavy atom. The van der Waals surface area contributed by atoms with Crippen LogP contribution in [0.5, 0.6) is 0 Å². The van der Waals surface area contributed by atoms with Crippen LogP contribution in [0.1, 0.15) is 35.0 Å². The molecule has 3 aromatic rings. The first-order valence-corrected chi connectivity index (χ1v) is 12.7. The Bertz CT molecular complexity index is 1150. The fraction of sp³-hybridized carbons (Fsp3) is 0.583. The molecule has 0 spiro atoms. The molecule has 1 aromatic carbocycles. The molecule has 16 heteroatoms. The second-order valence-corrected chi connectivity index (χ2v) is 9.73. The monoisotopic (exact) mass is 564 g/mol. The third-order valence-corrected chi connectivity index (χ3v) is 6.61. The maximum atomic E-state index is 10.1. The molecule has 2 saturated heterocycles. The Labute approximate surface area is 227 Å². The summed E-state index contributed by atoms with van der Waals surface area (Å²) in [7, 11) is 0. The Hall–Kier alpha value is -2.90. The molecule has 8 atom stereocenters. The van der Waals surface area contributed by atoms with Crippen molar-refractivity contribution in [3.05, 3.63) is 59.2 Å². The van der Waals surface area contributed by atoms with E-state index in [1.807, 2.05) is 24.3 Å². The lowest BCUT2D eigenvalue weighted by atomic mass is 10.0. The number of hydrogen-bond donors (Lipinski definition) is 6. The highest BCUT2D eigenvalue weighted by Crippen LogP contribution is 2.24. The Morgan fingerprint density at radius 3 is 1.57 bits per heavy atom. The summed E-state index contributed by atoms with van der Waals surface area (Å²) in [5.41, 5.74) is 2.82. The molecule has 2 aliphatic rings. The summed E-state index contributed by atoms with van der Waals surface area (Å²) in [5.74, 6) is 0. The SMILES string of the molecule is O[C@@H]1[C@@H](O)[C@H](n2cc(COCc3cccc(COCc4cn([C@H]5OC[C@H](O)[C@@H](O)[C@@H]5O)nn4)c3)nn2)OC[C@H]1O. The van der Waals surface area contributed by atoms with Gasteiger partial charge < -0.3 is 49.6 Å². The minimum atomic E-state index is -1.35. The number of aliphatic hydroxyl groups excluding tert-OH is 6. The van der Waals surface area contributed by atoms with Gasteiger partial charge in [0, 0.05) is 0 Å². The second-order valence-electron chi connectivity index (χ2n) is 9.73. The number of nitrogens with zero attached hydrogens (tertiary/aromatic N) is 6. The van der Waals surface area contributed by atoms with E-state index in [0.29, 0.717) is 24.6 Å². The molecule has 2 aliphatic heterocycles. The molecule has 2 fully saturated rings. The van der Waals surface area contributed by atoms with E-state index >= 15 is 0 Å². The van der Waals surface area contributed by atoms with Crippen molar-refractivity contribution in [2.24, 2.45) is 0 Å². The van der Waals surface area contributed by atoms with E-state index in [0.717, 1.165) is 11.1 Å². The van der Waals surface area contributed by atoms with Gasteiger partial charge in [-0.1, -0.05) is 34.7 Å². The summed E-state index contributed by atoms with van der Waals surface area (Å²) in [4.78, 5) is 0. The van der Waals surface area contributed by atoms with E-state index in [2.05, 4.69) is 20.6 Å². The van der Waals surface area contributed by atoms with Crippen LogP contribution in [0.3, 0.4) is 0 Å². The summed E-state index contributed by atoms with van der Waals surface area (Å²) in [6, 6.07) is 7.63. The van der Waals surface area contributed by atoms with Crippen LogP contribution >= 0.6 is 0 Å². The summed E-state index contributed by atoms with van der Waals surface area (Å²) in [6.45, 7) is 0.634. The van der Waals surface area contributed by atoms with Gasteiger partial charge in [-0.3, -0.25) is 0 Å². The largest absolute Gasteiger partial charge is 0.388 e. The van der Waals surface area contributed by atoms with Crippen molar-refractivity contribution in [2.75, 3.05) is 13.2 Å². The van der Waals surface area contributed by atoms with Crippen LogP contribution < -0.4 is 0 Å². The van der Waals surface area contributed by atoms with E-state index in [1.165, 1.54) is 9.36 Å². The van der Waals surface area contributed by atoms with E-state index in [4.69, 9.17) is 18.9 Å². The predicted octanol–water partition coefficient (Wildman–Crippen LogP) is -2.47. The van der Waals surface area contributed by atoms with Crippen LogP contribution in [0.25, 0.3) is 0 Å². The highest BCUT2D eigenvalue weighted by molar-refractivity contribution is 5.22. The van der Waals surface area contributed by atoms with Crippen molar-refractivity contribution < 1.29 is 49.6 Å². The van der Waals surface area contributed by atoms with Gasteiger partial charge in [-0.15, -0.1) is 10.2 Å². The number of aromatic nitrogens is 6. The minimum Gasteiger partial charge on any atom is -0.388 e. The first-order chi connectivity index (χ1) is 19.3. The lowest BCUT2D eigenvalue weighted by Crippen LogP contribution is -2.50. The Morgan fingerprint density at radius 2 is 1.12 bits per heavy atom.